The summed E-state index contributed by atoms with van der Waals surface area (Å²) in [5.41, 5.74) is 1.23. The van der Waals surface area contributed by atoms with Gasteiger partial charge >= 0.3 is 0 Å². The number of methoxy groups -OCH3 is 1. The minimum atomic E-state index is -1.02. The van der Waals surface area contributed by atoms with Crippen LogP contribution in [-0.4, -0.2) is 22.7 Å². The van der Waals surface area contributed by atoms with Crippen molar-refractivity contribution in [1.82, 2.24) is 0 Å². The Morgan fingerprint density at radius 1 is 1.11 bits per heavy atom. The molecule has 0 aliphatic carbocycles. The summed E-state index contributed by atoms with van der Waals surface area (Å²) in [7, 11) is 1.51. The number of rotatable bonds is 8. The molecule has 6 heteroatoms. The number of nitro groups is 1. The second-order valence-corrected chi connectivity index (χ2v) is 6.49. The summed E-state index contributed by atoms with van der Waals surface area (Å²) >= 11 is 0. The maximum atomic E-state index is 10.7. The van der Waals surface area contributed by atoms with Crippen LogP contribution in [0.25, 0.3) is 12.2 Å². The first kappa shape index (κ1) is 20.2. The van der Waals surface area contributed by atoms with Gasteiger partial charge in [-0.3, -0.25) is 10.1 Å². The summed E-state index contributed by atoms with van der Waals surface area (Å²) in [4.78, 5) is 10.2. The van der Waals surface area contributed by atoms with Gasteiger partial charge in [0.15, 0.2) is 11.5 Å². The lowest BCUT2D eigenvalue weighted by atomic mass is 10.0. The van der Waals surface area contributed by atoms with Crippen LogP contribution < -0.4 is 9.47 Å². The molecule has 0 saturated heterocycles. The lowest BCUT2D eigenvalue weighted by Crippen LogP contribution is -2.13. The van der Waals surface area contributed by atoms with Gasteiger partial charge < -0.3 is 14.6 Å². The molecule has 0 aliphatic rings. The summed E-state index contributed by atoms with van der Waals surface area (Å²) in [5, 5.41) is 20.6. The zero-order valence-electron chi connectivity index (χ0n) is 15.6. The second kappa shape index (κ2) is 9.00. The van der Waals surface area contributed by atoms with Gasteiger partial charge in [-0.15, -0.1) is 0 Å². The van der Waals surface area contributed by atoms with Gasteiger partial charge in [-0.1, -0.05) is 42.5 Å². The Morgan fingerprint density at radius 3 is 2.33 bits per heavy atom. The number of aliphatic hydroxyl groups is 1. The van der Waals surface area contributed by atoms with Crippen LogP contribution in [0.15, 0.2) is 54.7 Å². The molecule has 0 bridgehead atoms. The highest BCUT2D eigenvalue weighted by Gasteiger charge is 2.12. The lowest BCUT2D eigenvalue weighted by Gasteiger charge is -2.15. The fraction of sp³-hybridized carbons (Fsp3) is 0.238. The Morgan fingerprint density at radius 2 is 1.74 bits per heavy atom. The Bertz CT molecular complexity index is 836. The van der Waals surface area contributed by atoms with Crippen molar-refractivity contribution < 1.29 is 19.5 Å². The van der Waals surface area contributed by atoms with Crippen LogP contribution in [-0.2, 0) is 6.61 Å². The molecule has 0 fully saturated rings. The molecular formula is C21H23NO5. The zero-order valence-corrected chi connectivity index (χ0v) is 15.6. The minimum Gasteiger partial charge on any atom is -0.493 e. The molecule has 142 valence electrons. The van der Waals surface area contributed by atoms with E-state index in [-0.39, 0.29) is 0 Å². The second-order valence-electron chi connectivity index (χ2n) is 6.49. The maximum Gasteiger partial charge on any atom is 0.235 e. The maximum absolute atomic E-state index is 10.7. The van der Waals surface area contributed by atoms with Crippen LogP contribution in [0.1, 0.15) is 30.5 Å². The van der Waals surface area contributed by atoms with Crippen LogP contribution in [0.3, 0.4) is 0 Å². The number of hydrogen-bond donors (Lipinski definition) is 1. The number of ether oxygens (including phenoxy) is 2. The van der Waals surface area contributed by atoms with Crippen LogP contribution in [0, 0.1) is 10.1 Å². The molecule has 0 amide bonds. The summed E-state index contributed by atoms with van der Waals surface area (Å²) in [5.74, 6) is 0.976. The van der Waals surface area contributed by atoms with E-state index in [0.717, 1.165) is 11.8 Å². The molecule has 0 aliphatic heterocycles. The van der Waals surface area contributed by atoms with E-state index in [1.54, 1.807) is 38.1 Å². The number of hydrogen-bond acceptors (Lipinski definition) is 5. The van der Waals surface area contributed by atoms with Gasteiger partial charge in [-0.25, -0.2) is 0 Å². The predicted octanol–water partition coefficient (Wildman–Crippen LogP) is 4.31. The van der Waals surface area contributed by atoms with E-state index >= 15 is 0 Å². The third-order valence-electron chi connectivity index (χ3n) is 3.65. The first-order valence-corrected chi connectivity index (χ1v) is 8.40. The molecule has 0 unspecified atom stereocenters. The molecule has 2 aromatic rings. The van der Waals surface area contributed by atoms with Crippen molar-refractivity contribution in [2.45, 2.75) is 26.1 Å². The predicted molar refractivity (Wildman–Crippen MR) is 105 cm³/mol. The molecular weight excluding hydrogens is 346 g/mol. The largest absolute Gasteiger partial charge is 0.493 e. The summed E-state index contributed by atoms with van der Waals surface area (Å²) < 4.78 is 11.3. The van der Waals surface area contributed by atoms with Crippen molar-refractivity contribution in [1.29, 1.82) is 0 Å². The molecule has 0 heterocycles. The average Bonchev–Trinajstić information content (AvgIpc) is 2.63. The topological polar surface area (TPSA) is 81.8 Å². The summed E-state index contributed by atoms with van der Waals surface area (Å²) in [6.07, 6.45) is 5.56. The highest BCUT2D eigenvalue weighted by Crippen LogP contribution is 2.33. The molecule has 2 rings (SSSR count). The molecule has 0 atom stereocenters. The van der Waals surface area contributed by atoms with Gasteiger partial charge in [0.2, 0.25) is 6.20 Å². The molecule has 1 N–H and O–H groups in total. The van der Waals surface area contributed by atoms with E-state index in [2.05, 4.69) is 0 Å². The minimum absolute atomic E-state index is 0.357. The number of nitrogens with zero attached hydrogens (tertiary/aromatic N) is 1. The van der Waals surface area contributed by atoms with Gasteiger partial charge in [-0.05, 0) is 42.7 Å². The first-order chi connectivity index (χ1) is 12.8. The van der Waals surface area contributed by atoms with Crippen molar-refractivity contribution >= 4 is 12.2 Å². The quantitative estimate of drug-likeness (QED) is 0.554. The van der Waals surface area contributed by atoms with Crippen LogP contribution in [0.5, 0.6) is 11.5 Å². The van der Waals surface area contributed by atoms with Crippen molar-refractivity contribution in [2.75, 3.05) is 7.11 Å². The Labute approximate surface area is 158 Å². The van der Waals surface area contributed by atoms with E-state index < -0.39 is 10.5 Å². The van der Waals surface area contributed by atoms with Gasteiger partial charge in [0, 0.05) is 6.08 Å². The Kier molecular flexibility index (Phi) is 6.73. The normalized spacial score (nSPS) is 11.9. The van der Waals surface area contributed by atoms with Crippen LogP contribution in [0.2, 0.25) is 0 Å². The summed E-state index contributed by atoms with van der Waals surface area (Å²) in [6.45, 7) is 3.65. The summed E-state index contributed by atoms with van der Waals surface area (Å²) in [6, 6.07) is 13.1. The fourth-order valence-corrected chi connectivity index (χ4v) is 2.32. The Balaban J connectivity index is 2.40. The molecule has 0 radical (unpaired) electrons. The van der Waals surface area contributed by atoms with Crippen LogP contribution in [0.4, 0.5) is 0 Å². The van der Waals surface area contributed by atoms with Crippen LogP contribution >= 0.6 is 0 Å². The van der Waals surface area contributed by atoms with Gasteiger partial charge in [0.1, 0.15) is 6.61 Å². The van der Waals surface area contributed by atoms with E-state index in [4.69, 9.17) is 9.47 Å². The van der Waals surface area contributed by atoms with Gasteiger partial charge in [-0.2, -0.15) is 0 Å². The standard InChI is InChI=1S/C21H23NO5/c1-21(2,23)11-9-17-14-20(27-15-16-7-5-4-6-8-16)19(26-3)13-18(17)10-12-22(24)25/h4-14,23H,15H2,1-3H3/b11-9+,12-10+. The fourth-order valence-electron chi connectivity index (χ4n) is 2.32. The molecule has 0 aromatic heterocycles. The molecule has 0 spiro atoms. The smallest absolute Gasteiger partial charge is 0.235 e. The molecule has 0 saturated carbocycles. The highest BCUT2D eigenvalue weighted by molar-refractivity contribution is 5.69. The molecule has 6 nitrogen and oxygen atoms in total. The highest BCUT2D eigenvalue weighted by atomic mass is 16.6. The van der Waals surface area contributed by atoms with E-state index in [9.17, 15) is 15.2 Å². The lowest BCUT2D eigenvalue weighted by molar-refractivity contribution is -0.400. The van der Waals surface area contributed by atoms with E-state index in [1.807, 2.05) is 30.3 Å². The van der Waals surface area contributed by atoms with Crippen molar-refractivity contribution in [3.8, 4) is 11.5 Å². The van der Waals surface area contributed by atoms with Crippen molar-refractivity contribution in [3.05, 3.63) is 81.5 Å². The van der Waals surface area contributed by atoms with Crippen molar-refractivity contribution in [2.24, 2.45) is 0 Å². The van der Waals surface area contributed by atoms with Crippen molar-refractivity contribution in [3.63, 3.8) is 0 Å². The Hall–Kier alpha value is -3.12. The zero-order chi connectivity index (χ0) is 19.9. The molecule has 2 aromatic carbocycles. The first-order valence-electron chi connectivity index (χ1n) is 8.40. The monoisotopic (exact) mass is 369 g/mol. The average molecular weight is 369 g/mol. The molecule has 27 heavy (non-hydrogen) atoms. The van der Waals surface area contributed by atoms with E-state index in [0.29, 0.717) is 29.2 Å². The third kappa shape index (κ3) is 6.60. The SMILES string of the molecule is COc1cc(/C=C/[N+](=O)[O-])c(/C=C/C(C)(C)O)cc1OCc1ccccc1. The van der Waals surface area contributed by atoms with Gasteiger partial charge in [0.05, 0.1) is 17.6 Å². The number of benzene rings is 2. The van der Waals surface area contributed by atoms with Gasteiger partial charge in [0.25, 0.3) is 0 Å². The van der Waals surface area contributed by atoms with E-state index in [1.165, 1.54) is 13.2 Å². The third-order valence-corrected chi connectivity index (χ3v) is 3.65.